The summed E-state index contributed by atoms with van der Waals surface area (Å²) in [5, 5.41) is 21.7. The number of hydrogen-bond donors (Lipinski definition) is 2. The van der Waals surface area contributed by atoms with E-state index in [4.69, 9.17) is 0 Å². The second-order valence-electron chi connectivity index (χ2n) is 13.4. The van der Waals surface area contributed by atoms with Gasteiger partial charge in [0.2, 0.25) is 0 Å². The minimum atomic E-state index is -0.318. The summed E-state index contributed by atoms with van der Waals surface area (Å²) in [6.07, 6.45) is 12.3. The Balaban J connectivity index is 1.58. The molecular weight excluding hydrogens is 380 g/mol. The Morgan fingerprint density at radius 2 is 1.58 bits per heavy atom. The summed E-state index contributed by atoms with van der Waals surface area (Å²) in [7, 11) is 0. The highest BCUT2D eigenvalue weighted by Crippen LogP contribution is 2.71. The smallest absolute Gasteiger partial charge is 0.0757 e. The number of rotatable bonds is 5. The zero-order valence-electron chi connectivity index (χ0n) is 21.5. The number of hydrogen-bond acceptors (Lipinski definition) is 2. The molecule has 0 amide bonds. The lowest BCUT2D eigenvalue weighted by Gasteiger charge is -2.61. The fraction of sp³-hybridized carbons (Fsp3) is 0.931. The summed E-state index contributed by atoms with van der Waals surface area (Å²) in [5.74, 6) is 3.95. The zero-order valence-corrected chi connectivity index (χ0v) is 21.5. The Kier molecular flexibility index (Phi) is 6.26. The van der Waals surface area contributed by atoms with Crippen molar-refractivity contribution in [2.45, 2.75) is 118 Å². The molecule has 3 fully saturated rings. The van der Waals surface area contributed by atoms with Gasteiger partial charge in [-0.3, -0.25) is 0 Å². The average molecular weight is 431 g/mol. The summed E-state index contributed by atoms with van der Waals surface area (Å²) < 4.78 is 0. The van der Waals surface area contributed by atoms with Crippen molar-refractivity contribution in [3.8, 4) is 0 Å². The lowest BCUT2D eigenvalue weighted by molar-refractivity contribution is -0.119. The van der Waals surface area contributed by atoms with Crippen molar-refractivity contribution in [1.29, 1.82) is 0 Å². The van der Waals surface area contributed by atoms with Gasteiger partial charge in [0.15, 0.2) is 0 Å². The van der Waals surface area contributed by atoms with Gasteiger partial charge in [-0.05, 0) is 103 Å². The molecule has 4 aliphatic rings. The van der Waals surface area contributed by atoms with Crippen LogP contribution < -0.4 is 0 Å². The Bertz CT molecular complexity index is 697. The highest BCUT2D eigenvalue weighted by Gasteiger charge is 2.64. The first-order valence-corrected chi connectivity index (χ1v) is 13.5. The molecule has 178 valence electrons. The van der Waals surface area contributed by atoms with E-state index in [2.05, 4.69) is 54.5 Å². The molecule has 0 bridgehead atoms. The summed E-state index contributed by atoms with van der Waals surface area (Å²) >= 11 is 0. The van der Waals surface area contributed by atoms with E-state index in [9.17, 15) is 10.2 Å². The molecule has 0 aromatic rings. The van der Waals surface area contributed by atoms with E-state index in [1.807, 2.05) is 0 Å². The number of aliphatic hydroxyl groups is 2. The largest absolute Gasteiger partial charge is 0.393 e. The van der Waals surface area contributed by atoms with Gasteiger partial charge >= 0.3 is 0 Å². The normalized spacial score (nSPS) is 49.1. The molecule has 31 heavy (non-hydrogen) atoms. The minimum absolute atomic E-state index is 0.196. The van der Waals surface area contributed by atoms with E-state index >= 15 is 0 Å². The van der Waals surface area contributed by atoms with Crippen LogP contribution in [-0.4, -0.2) is 22.4 Å². The Hall–Kier alpha value is -0.340. The second kappa shape index (κ2) is 8.15. The van der Waals surface area contributed by atoms with Crippen LogP contribution in [0.3, 0.4) is 0 Å². The van der Waals surface area contributed by atoms with Crippen LogP contribution in [0, 0.1) is 51.8 Å². The van der Waals surface area contributed by atoms with Crippen molar-refractivity contribution in [2.24, 2.45) is 51.8 Å². The summed E-state index contributed by atoms with van der Waals surface area (Å²) in [4.78, 5) is 0. The van der Waals surface area contributed by atoms with Crippen LogP contribution >= 0.6 is 0 Å². The molecule has 0 aromatic heterocycles. The van der Waals surface area contributed by atoms with E-state index in [1.54, 1.807) is 0 Å². The molecule has 0 spiro atoms. The summed E-state index contributed by atoms with van der Waals surface area (Å²) in [6, 6.07) is 0. The lowest BCUT2D eigenvalue weighted by atomic mass is 9.44. The van der Waals surface area contributed by atoms with E-state index in [-0.39, 0.29) is 17.6 Å². The third-order valence-electron chi connectivity index (χ3n) is 12.1. The van der Waals surface area contributed by atoms with Crippen molar-refractivity contribution in [2.75, 3.05) is 0 Å². The number of fused-ring (bicyclic) bond motifs is 5. The molecule has 0 heterocycles. The molecule has 3 saturated carbocycles. The predicted octanol–water partition coefficient (Wildman–Crippen LogP) is 7.00. The zero-order chi connectivity index (χ0) is 22.8. The Morgan fingerprint density at radius 3 is 2.26 bits per heavy atom. The van der Waals surface area contributed by atoms with Gasteiger partial charge in [-0.1, -0.05) is 66.5 Å². The predicted molar refractivity (Wildman–Crippen MR) is 130 cm³/mol. The summed E-state index contributed by atoms with van der Waals surface area (Å²) in [6.45, 7) is 17.3. The first-order valence-electron chi connectivity index (χ1n) is 13.5. The molecule has 4 rings (SSSR count). The third kappa shape index (κ3) is 3.58. The van der Waals surface area contributed by atoms with E-state index < -0.39 is 0 Å². The average Bonchev–Trinajstić information content (AvgIpc) is 2.99. The number of aliphatic hydroxyl groups excluding tert-OH is 2. The first-order chi connectivity index (χ1) is 14.4. The van der Waals surface area contributed by atoms with Gasteiger partial charge in [0.1, 0.15) is 0 Å². The Labute approximate surface area is 192 Å². The SMILES string of the molecule is CC(C)C(C)CCC(C)C1(C)CCC2C3C(O)C=C4CC(O)CCC4(C)C3CCC21C. The van der Waals surface area contributed by atoms with Gasteiger partial charge in [0.25, 0.3) is 0 Å². The van der Waals surface area contributed by atoms with E-state index in [0.29, 0.717) is 28.6 Å². The van der Waals surface area contributed by atoms with E-state index in [0.717, 1.165) is 37.0 Å². The molecule has 2 N–H and O–H groups in total. The maximum absolute atomic E-state index is 11.4. The van der Waals surface area contributed by atoms with Gasteiger partial charge in [-0.25, -0.2) is 0 Å². The highest BCUT2D eigenvalue weighted by molar-refractivity contribution is 5.28. The Morgan fingerprint density at radius 1 is 0.903 bits per heavy atom. The summed E-state index contributed by atoms with van der Waals surface area (Å²) in [5.41, 5.74) is 2.28. The monoisotopic (exact) mass is 430 g/mol. The standard InChI is InChI=1S/C29H50O2/c1-18(2)19(3)8-9-20(4)28(6)14-12-24-26-23(11-15-29(24,28)7)27(5)13-10-22(30)16-21(27)17-25(26)31/h17-20,22-26,30-31H,8-16H2,1-7H3. The van der Waals surface area contributed by atoms with Crippen LogP contribution in [0.4, 0.5) is 0 Å². The van der Waals surface area contributed by atoms with Gasteiger partial charge < -0.3 is 10.2 Å². The van der Waals surface area contributed by atoms with Crippen molar-refractivity contribution < 1.29 is 10.2 Å². The fourth-order valence-electron chi connectivity index (χ4n) is 8.91. The molecule has 0 saturated heterocycles. The van der Waals surface area contributed by atoms with Crippen LogP contribution in [0.1, 0.15) is 106 Å². The van der Waals surface area contributed by atoms with Gasteiger partial charge in [-0.15, -0.1) is 0 Å². The van der Waals surface area contributed by atoms with Crippen LogP contribution in [0.25, 0.3) is 0 Å². The fourth-order valence-corrected chi connectivity index (χ4v) is 8.91. The molecule has 2 nitrogen and oxygen atoms in total. The van der Waals surface area contributed by atoms with Crippen molar-refractivity contribution in [1.82, 2.24) is 0 Å². The molecule has 0 aliphatic heterocycles. The quantitative estimate of drug-likeness (QED) is 0.461. The third-order valence-corrected chi connectivity index (χ3v) is 12.1. The molecule has 10 atom stereocenters. The van der Waals surface area contributed by atoms with Crippen molar-refractivity contribution in [3.63, 3.8) is 0 Å². The second-order valence-corrected chi connectivity index (χ2v) is 13.4. The lowest BCUT2D eigenvalue weighted by Crippen LogP contribution is -2.56. The highest BCUT2D eigenvalue weighted by atomic mass is 16.3. The van der Waals surface area contributed by atoms with Gasteiger partial charge in [-0.2, -0.15) is 0 Å². The molecule has 4 aliphatic carbocycles. The molecule has 10 unspecified atom stereocenters. The van der Waals surface area contributed by atoms with Gasteiger partial charge in [0, 0.05) is 0 Å². The van der Waals surface area contributed by atoms with Crippen LogP contribution in [0.5, 0.6) is 0 Å². The molecule has 0 aromatic carbocycles. The van der Waals surface area contributed by atoms with Gasteiger partial charge in [0.05, 0.1) is 12.2 Å². The van der Waals surface area contributed by atoms with Crippen molar-refractivity contribution >= 4 is 0 Å². The van der Waals surface area contributed by atoms with Crippen LogP contribution in [-0.2, 0) is 0 Å². The molecule has 0 radical (unpaired) electrons. The molecular formula is C29H50O2. The maximum atomic E-state index is 11.4. The van der Waals surface area contributed by atoms with Crippen LogP contribution in [0.2, 0.25) is 0 Å². The molecule has 2 heteroatoms. The first kappa shape index (κ1) is 23.8. The topological polar surface area (TPSA) is 40.5 Å². The minimum Gasteiger partial charge on any atom is -0.393 e. The maximum Gasteiger partial charge on any atom is 0.0757 e. The van der Waals surface area contributed by atoms with Crippen molar-refractivity contribution in [3.05, 3.63) is 11.6 Å². The van der Waals surface area contributed by atoms with E-state index in [1.165, 1.54) is 44.1 Å². The van der Waals surface area contributed by atoms with Crippen LogP contribution in [0.15, 0.2) is 11.6 Å².